The van der Waals surface area contributed by atoms with Crippen molar-refractivity contribution in [3.63, 3.8) is 0 Å². The standard InChI is InChI=1S/C25H43NO10/c1-28-9-10-30-13-14-32-17-18-34-21-22-35-20-19-33-16-15-31-12-11-29-8-7-26-25(27)36-23-24-5-3-2-4-6-24/h2-6H,7-23H2,1H3,(H,26,27). The summed E-state index contributed by atoms with van der Waals surface area (Å²) in [4.78, 5) is 11.6. The van der Waals surface area contributed by atoms with Crippen LogP contribution in [0.2, 0.25) is 0 Å². The van der Waals surface area contributed by atoms with Gasteiger partial charge in [-0.05, 0) is 5.56 Å². The minimum absolute atomic E-state index is 0.243. The molecule has 11 nitrogen and oxygen atoms in total. The van der Waals surface area contributed by atoms with Gasteiger partial charge >= 0.3 is 6.09 Å². The first kappa shape index (κ1) is 32.2. The van der Waals surface area contributed by atoms with E-state index in [-0.39, 0.29) is 6.61 Å². The third kappa shape index (κ3) is 22.6. The van der Waals surface area contributed by atoms with Crippen molar-refractivity contribution in [2.24, 2.45) is 0 Å². The Morgan fingerprint density at radius 3 is 1.39 bits per heavy atom. The molecule has 1 N–H and O–H groups in total. The Morgan fingerprint density at radius 2 is 0.972 bits per heavy atom. The number of carbonyl (C=O) groups is 1. The van der Waals surface area contributed by atoms with Crippen LogP contribution in [0.15, 0.2) is 30.3 Å². The van der Waals surface area contributed by atoms with Crippen LogP contribution in [0.1, 0.15) is 5.56 Å². The molecule has 0 radical (unpaired) electrons. The highest BCUT2D eigenvalue weighted by molar-refractivity contribution is 5.67. The topological polar surface area (TPSA) is 112 Å². The molecule has 0 aromatic heterocycles. The Balaban J connectivity index is 1.68. The SMILES string of the molecule is COCCOCCOCCOCCOCCOCCOCCOCCNC(=O)OCc1ccccc1. The minimum atomic E-state index is -0.464. The number of benzene rings is 1. The zero-order valence-corrected chi connectivity index (χ0v) is 21.5. The van der Waals surface area contributed by atoms with Crippen LogP contribution >= 0.6 is 0 Å². The highest BCUT2D eigenvalue weighted by Gasteiger charge is 2.01. The molecule has 36 heavy (non-hydrogen) atoms. The van der Waals surface area contributed by atoms with Gasteiger partial charge in [-0.2, -0.15) is 0 Å². The molecule has 0 spiro atoms. The average Bonchev–Trinajstić information content (AvgIpc) is 2.90. The Kier molecular flexibility index (Phi) is 23.5. The highest BCUT2D eigenvalue weighted by atomic mass is 16.6. The van der Waals surface area contributed by atoms with Gasteiger partial charge in [-0.25, -0.2) is 4.79 Å². The molecular formula is C25H43NO10. The first-order chi connectivity index (χ1) is 17.8. The van der Waals surface area contributed by atoms with E-state index in [9.17, 15) is 4.79 Å². The minimum Gasteiger partial charge on any atom is -0.445 e. The molecule has 0 saturated heterocycles. The molecule has 1 aromatic carbocycles. The van der Waals surface area contributed by atoms with Crippen molar-refractivity contribution in [3.05, 3.63) is 35.9 Å². The summed E-state index contributed by atoms with van der Waals surface area (Å²) in [6.45, 7) is 8.23. The van der Waals surface area contributed by atoms with Crippen molar-refractivity contribution in [2.45, 2.75) is 6.61 Å². The molecule has 11 heteroatoms. The van der Waals surface area contributed by atoms with E-state index in [2.05, 4.69) is 5.32 Å². The summed E-state index contributed by atoms with van der Waals surface area (Å²) < 4.78 is 47.8. The van der Waals surface area contributed by atoms with Gasteiger partial charge in [0, 0.05) is 13.7 Å². The predicted molar refractivity (Wildman–Crippen MR) is 132 cm³/mol. The molecule has 0 atom stereocenters. The number of amides is 1. The Labute approximate surface area is 214 Å². The van der Waals surface area contributed by atoms with Crippen molar-refractivity contribution in [1.29, 1.82) is 0 Å². The van der Waals surface area contributed by atoms with Gasteiger partial charge in [-0.3, -0.25) is 0 Å². The zero-order valence-electron chi connectivity index (χ0n) is 21.5. The van der Waals surface area contributed by atoms with Crippen LogP contribution in [-0.2, 0) is 49.2 Å². The van der Waals surface area contributed by atoms with Gasteiger partial charge in [-0.15, -0.1) is 0 Å². The summed E-state index contributed by atoms with van der Waals surface area (Å²) >= 11 is 0. The summed E-state index contributed by atoms with van der Waals surface area (Å²) in [6, 6.07) is 9.51. The molecule has 0 heterocycles. The molecule has 208 valence electrons. The lowest BCUT2D eigenvalue weighted by molar-refractivity contribution is -0.0220. The van der Waals surface area contributed by atoms with Crippen molar-refractivity contribution < 1.29 is 47.4 Å². The first-order valence-corrected chi connectivity index (χ1v) is 12.3. The number of nitrogens with one attached hydrogen (secondary N) is 1. The molecule has 1 aromatic rings. The van der Waals surface area contributed by atoms with Gasteiger partial charge in [0.1, 0.15) is 6.61 Å². The average molecular weight is 518 g/mol. The molecule has 1 rings (SSSR count). The predicted octanol–water partition coefficient (Wildman–Crippen LogP) is 1.68. The van der Waals surface area contributed by atoms with Gasteiger partial charge < -0.3 is 47.9 Å². The molecular weight excluding hydrogens is 474 g/mol. The van der Waals surface area contributed by atoms with Crippen molar-refractivity contribution in [1.82, 2.24) is 5.32 Å². The van der Waals surface area contributed by atoms with Crippen LogP contribution in [0.4, 0.5) is 4.79 Å². The fourth-order valence-electron chi connectivity index (χ4n) is 2.56. The second-order valence-electron chi connectivity index (χ2n) is 7.27. The zero-order chi connectivity index (χ0) is 25.8. The number of carbonyl (C=O) groups excluding carboxylic acids is 1. The van der Waals surface area contributed by atoms with Gasteiger partial charge in [0.05, 0.1) is 99.1 Å². The van der Waals surface area contributed by atoms with Crippen molar-refractivity contribution in [3.8, 4) is 0 Å². The van der Waals surface area contributed by atoms with Crippen LogP contribution < -0.4 is 5.32 Å². The smallest absolute Gasteiger partial charge is 0.407 e. The third-order valence-corrected chi connectivity index (χ3v) is 4.39. The van der Waals surface area contributed by atoms with Gasteiger partial charge in [0.15, 0.2) is 0 Å². The van der Waals surface area contributed by atoms with E-state index in [1.807, 2.05) is 30.3 Å². The highest BCUT2D eigenvalue weighted by Crippen LogP contribution is 2.00. The molecule has 1 amide bonds. The number of rotatable bonds is 26. The van der Waals surface area contributed by atoms with E-state index in [0.717, 1.165) is 5.56 Å². The van der Waals surface area contributed by atoms with Crippen LogP contribution in [-0.4, -0.2) is 119 Å². The lowest BCUT2D eigenvalue weighted by Crippen LogP contribution is -2.28. The number of hydrogen-bond acceptors (Lipinski definition) is 10. The van der Waals surface area contributed by atoms with E-state index in [1.54, 1.807) is 7.11 Å². The number of hydrogen-bond donors (Lipinski definition) is 1. The molecule has 0 aliphatic rings. The molecule has 0 bridgehead atoms. The van der Waals surface area contributed by atoms with Crippen LogP contribution in [0.3, 0.4) is 0 Å². The first-order valence-electron chi connectivity index (χ1n) is 12.3. The summed E-state index contributed by atoms with van der Waals surface area (Å²) in [7, 11) is 1.64. The summed E-state index contributed by atoms with van der Waals surface area (Å²) in [6.07, 6.45) is -0.464. The normalized spacial score (nSPS) is 11.0. The van der Waals surface area contributed by atoms with E-state index >= 15 is 0 Å². The molecule has 0 saturated carbocycles. The van der Waals surface area contributed by atoms with Gasteiger partial charge in [0.2, 0.25) is 0 Å². The fourth-order valence-corrected chi connectivity index (χ4v) is 2.56. The number of alkyl carbamates (subject to hydrolysis) is 1. The van der Waals surface area contributed by atoms with E-state index in [0.29, 0.717) is 106 Å². The third-order valence-electron chi connectivity index (χ3n) is 4.39. The van der Waals surface area contributed by atoms with Crippen molar-refractivity contribution in [2.75, 3.05) is 113 Å². The maximum Gasteiger partial charge on any atom is 0.407 e. The summed E-state index contributed by atoms with van der Waals surface area (Å²) in [5.74, 6) is 0. The lowest BCUT2D eigenvalue weighted by Gasteiger charge is -2.09. The van der Waals surface area contributed by atoms with E-state index in [4.69, 9.17) is 42.6 Å². The Morgan fingerprint density at radius 1 is 0.583 bits per heavy atom. The number of ether oxygens (including phenoxy) is 9. The molecule has 0 unspecified atom stereocenters. The maximum atomic E-state index is 11.6. The Bertz CT molecular complexity index is 593. The van der Waals surface area contributed by atoms with Crippen molar-refractivity contribution >= 4 is 6.09 Å². The van der Waals surface area contributed by atoms with E-state index in [1.165, 1.54) is 0 Å². The summed E-state index contributed by atoms with van der Waals surface area (Å²) in [5.41, 5.74) is 0.942. The maximum absolute atomic E-state index is 11.6. The monoisotopic (exact) mass is 517 g/mol. The molecule has 0 aliphatic carbocycles. The van der Waals surface area contributed by atoms with Gasteiger partial charge in [-0.1, -0.05) is 30.3 Å². The van der Waals surface area contributed by atoms with Crippen LogP contribution in [0.25, 0.3) is 0 Å². The quantitative estimate of drug-likeness (QED) is 0.182. The molecule has 0 aliphatic heterocycles. The van der Waals surface area contributed by atoms with Crippen LogP contribution in [0, 0.1) is 0 Å². The number of methoxy groups -OCH3 is 1. The summed E-state index contributed by atoms with van der Waals surface area (Å²) in [5, 5.41) is 2.64. The second-order valence-corrected chi connectivity index (χ2v) is 7.27. The van der Waals surface area contributed by atoms with Gasteiger partial charge in [0.25, 0.3) is 0 Å². The fraction of sp³-hybridized carbons (Fsp3) is 0.720. The van der Waals surface area contributed by atoms with Crippen LogP contribution in [0.5, 0.6) is 0 Å². The molecule has 0 fully saturated rings. The lowest BCUT2D eigenvalue weighted by atomic mass is 10.2. The Hall–Kier alpha value is -1.83. The second kappa shape index (κ2) is 26.2. The largest absolute Gasteiger partial charge is 0.445 e. The van der Waals surface area contributed by atoms with E-state index < -0.39 is 6.09 Å².